The lowest BCUT2D eigenvalue weighted by atomic mass is 10.1. The molecule has 1 unspecified atom stereocenters. The molecule has 2 heterocycles. The van der Waals surface area contributed by atoms with Gasteiger partial charge in [-0.05, 0) is 67.3 Å². The Labute approximate surface area is 195 Å². The highest BCUT2D eigenvalue weighted by Crippen LogP contribution is 2.41. The number of hydrogen-bond donors (Lipinski definition) is 2. The summed E-state index contributed by atoms with van der Waals surface area (Å²) in [5, 5.41) is 15.3. The second kappa shape index (κ2) is 9.21. The molecule has 10 nitrogen and oxygen atoms in total. The molecule has 1 aromatic heterocycles. The number of nitrogens with zero attached hydrogens (tertiary/aromatic N) is 3. The van der Waals surface area contributed by atoms with Crippen LogP contribution in [0.3, 0.4) is 0 Å². The molecule has 2 aliphatic rings. The Morgan fingerprint density at radius 3 is 2.59 bits per heavy atom. The number of amides is 1. The Kier molecular flexibility index (Phi) is 5.97. The van der Waals surface area contributed by atoms with Gasteiger partial charge >= 0.3 is 0 Å². The van der Waals surface area contributed by atoms with Gasteiger partial charge in [0.1, 0.15) is 11.5 Å². The Bertz CT molecular complexity index is 1270. The highest BCUT2D eigenvalue weighted by Gasteiger charge is 2.37. The molecule has 3 aromatic rings. The first-order valence-corrected chi connectivity index (χ1v) is 11.7. The molecule has 1 aliphatic heterocycles. The van der Waals surface area contributed by atoms with Gasteiger partial charge in [-0.15, -0.1) is 5.10 Å². The number of ether oxygens (including phenoxy) is 3. The SMILES string of the molecule is COc1cc2c(cc1F)S(=O)C(C(=O)Nc1nn[nH]n1)=C2Oc1ccc(OC2CCCC2)cc1. The lowest BCUT2D eigenvalue weighted by molar-refractivity contribution is -0.112. The van der Waals surface area contributed by atoms with Gasteiger partial charge in [-0.1, -0.05) is 5.10 Å². The zero-order valence-corrected chi connectivity index (χ0v) is 18.9. The fraction of sp³-hybridized carbons (Fsp3) is 0.273. The number of halogens is 1. The van der Waals surface area contributed by atoms with Gasteiger partial charge in [0.15, 0.2) is 22.2 Å². The summed E-state index contributed by atoms with van der Waals surface area (Å²) in [4.78, 5) is 12.9. The first-order valence-electron chi connectivity index (χ1n) is 10.6. The summed E-state index contributed by atoms with van der Waals surface area (Å²) >= 11 is 0. The molecular weight excluding hydrogens is 465 g/mol. The Morgan fingerprint density at radius 1 is 1.18 bits per heavy atom. The number of fused-ring (bicyclic) bond motifs is 1. The summed E-state index contributed by atoms with van der Waals surface area (Å²) in [7, 11) is -0.710. The van der Waals surface area contributed by atoms with Crippen molar-refractivity contribution < 1.29 is 27.6 Å². The molecule has 1 amide bonds. The van der Waals surface area contributed by atoms with Crippen LogP contribution in [-0.4, -0.2) is 44.0 Å². The van der Waals surface area contributed by atoms with Crippen LogP contribution >= 0.6 is 0 Å². The molecular formula is C22H20FN5O5S. The maximum atomic E-state index is 14.4. The van der Waals surface area contributed by atoms with Gasteiger partial charge in [-0.25, -0.2) is 8.60 Å². The number of hydrogen-bond acceptors (Lipinski definition) is 8. The van der Waals surface area contributed by atoms with Crippen molar-refractivity contribution in [3.8, 4) is 17.2 Å². The predicted molar refractivity (Wildman–Crippen MR) is 119 cm³/mol. The highest BCUT2D eigenvalue weighted by molar-refractivity contribution is 7.90. The van der Waals surface area contributed by atoms with Crippen molar-refractivity contribution in [2.45, 2.75) is 36.7 Å². The van der Waals surface area contributed by atoms with Gasteiger partial charge in [0.2, 0.25) is 0 Å². The van der Waals surface area contributed by atoms with Crippen molar-refractivity contribution in [1.82, 2.24) is 20.6 Å². The van der Waals surface area contributed by atoms with Crippen LogP contribution in [-0.2, 0) is 15.6 Å². The van der Waals surface area contributed by atoms with Crippen LogP contribution in [0.25, 0.3) is 5.76 Å². The number of H-pyrrole nitrogens is 1. The molecule has 2 N–H and O–H groups in total. The van der Waals surface area contributed by atoms with Crippen LogP contribution in [0.15, 0.2) is 46.2 Å². The number of aromatic amines is 1. The number of anilines is 1. The summed E-state index contributed by atoms with van der Waals surface area (Å²) in [6.45, 7) is 0. The third kappa shape index (κ3) is 4.23. The molecule has 1 saturated carbocycles. The number of carbonyl (C=O) groups excluding carboxylic acids is 1. The van der Waals surface area contributed by atoms with E-state index in [9.17, 15) is 13.4 Å². The van der Waals surface area contributed by atoms with Crippen LogP contribution < -0.4 is 19.5 Å². The predicted octanol–water partition coefficient (Wildman–Crippen LogP) is 3.18. The third-order valence-corrected chi connectivity index (χ3v) is 6.99. The van der Waals surface area contributed by atoms with Crippen molar-refractivity contribution in [2.75, 3.05) is 12.4 Å². The number of rotatable bonds is 7. The smallest absolute Gasteiger partial charge is 0.271 e. The van der Waals surface area contributed by atoms with E-state index in [1.807, 2.05) is 0 Å². The van der Waals surface area contributed by atoms with E-state index in [1.54, 1.807) is 24.3 Å². The normalized spacial score (nSPS) is 17.5. The zero-order chi connectivity index (χ0) is 23.7. The lowest BCUT2D eigenvalue weighted by Crippen LogP contribution is -2.18. The summed E-state index contributed by atoms with van der Waals surface area (Å²) in [6, 6.07) is 9.34. The van der Waals surface area contributed by atoms with Crippen LogP contribution in [0.1, 0.15) is 31.2 Å². The topological polar surface area (TPSA) is 128 Å². The lowest BCUT2D eigenvalue weighted by Gasteiger charge is -2.14. The van der Waals surface area contributed by atoms with Crippen molar-refractivity contribution in [1.29, 1.82) is 0 Å². The minimum atomic E-state index is -2.02. The monoisotopic (exact) mass is 485 g/mol. The largest absolute Gasteiger partial charge is 0.494 e. The number of aromatic nitrogens is 4. The minimum absolute atomic E-state index is 0.0112. The Balaban J connectivity index is 1.48. The van der Waals surface area contributed by atoms with Crippen LogP contribution in [0.2, 0.25) is 0 Å². The van der Waals surface area contributed by atoms with Crippen LogP contribution in [0.5, 0.6) is 17.2 Å². The van der Waals surface area contributed by atoms with Gasteiger partial charge in [0.25, 0.3) is 11.9 Å². The van der Waals surface area contributed by atoms with Crippen LogP contribution in [0.4, 0.5) is 10.3 Å². The standard InChI is InChI=1S/C22H20FN5O5S/c1-31-17-10-15-18(11-16(17)23)34(30)20(21(29)24-22-25-27-28-26-22)19(15)33-14-8-6-13(7-9-14)32-12-4-2-3-5-12/h6-12H,2-5H2,1H3,(H2,24,25,26,27,28,29). The quantitative estimate of drug-likeness (QED) is 0.522. The molecule has 2 aromatic carbocycles. The van der Waals surface area contributed by atoms with Gasteiger partial charge in [0.05, 0.1) is 28.9 Å². The molecule has 1 fully saturated rings. The molecule has 0 radical (unpaired) electrons. The minimum Gasteiger partial charge on any atom is -0.494 e. The van der Waals surface area contributed by atoms with E-state index in [0.717, 1.165) is 31.7 Å². The van der Waals surface area contributed by atoms with Crippen molar-refractivity contribution in [3.05, 3.63) is 52.7 Å². The maximum Gasteiger partial charge on any atom is 0.271 e. The average Bonchev–Trinajstić information content (AvgIpc) is 3.58. The Morgan fingerprint density at radius 2 is 1.91 bits per heavy atom. The number of methoxy groups -OCH3 is 1. The fourth-order valence-corrected chi connectivity index (χ4v) is 5.22. The van der Waals surface area contributed by atoms with E-state index in [2.05, 4.69) is 25.9 Å². The number of benzene rings is 2. The van der Waals surface area contributed by atoms with Gasteiger partial charge in [0, 0.05) is 5.56 Å². The van der Waals surface area contributed by atoms with Crippen molar-refractivity contribution >= 4 is 28.4 Å². The second-order valence-corrected chi connectivity index (χ2v) is 9.08. The summed E-state index contributed by atoms with van der Waals surface area (Å²) in [6.07, 6.45) is 4.60. The Hall–Kier alpha value is -3.80. The zero-order valence-electron chi connectivity index (χ0n) is 18.0. The number of nitrogens with one attached hydrogen (secondary N) is 2. The first-order chi connectivity index (χ1) is 16.5. The number of carbonyl (C=O) groups is 1. The number of tetrazole rings is 1. The van der Waals surface area contributed by atoms with Crippen molar-refractivity contribution in [3.63, 3.8) is 0 Å². The summed E-state index contributed by atoms with van der Waals surface area (Å²) in [5.41, 5.74) is 0.279. The molecule has 0 bridgehead atoms. The molecule has 0 spiro atoms. The van der Waals surface area contributed by atoms with E-state index < -0.39 is 22.5 Å². The summed E-state index contributed by atoms with van der Waals surface area (Å²) < 4.78 is 44.6. The van der Waals surface area contributed by atoms with Crippen molar-refractivity contribution in [2.24, 2.45) is 0 Å². The van der Waals surface area contributed by atoms with E-state index in [4.69, 9.17) is 14.2 Å². The van der Waals surface area contributed by atoms with E-state index >= 15 is 0 Å². The molecule has 176 valence electrons. The fourth-order valence-electron chi connectivity index (χ4n) is 3.90. The van der Waals surface area contributed by atoms with E-state index in [-0.39, 0.29) is 38.9 Å². The van der Waals surface area contributed by atoms with E-state index in [1.165, 1.54) is 13.2 Å². The average molecular weight is 485 g/mol. The maximum absolute atomic E-state index is 14.4. The van der Waals surface area contributed by atoms with Crippen LogP contribution in [0, 0.1) is 5.82 Å². The summed E-state index contributed by atoms with van der Waals surface area (Å²) in [5.74, 6) is -0.557. The first kappa shape index (κ1) is 22.0. The third-order valence-electron chi connectivity index (χ3n) is 5.52. The molecule has 5 rings (SSSR count). The second-order valence-electron chi connectivity index (χ2n) is 7.70. The molecule has 1 aliphatic carbocycles. The highest BCUT2D eigenvalue weighted by atomic mass is 32.2. The van der Waals surface area contributed by atoms with Gasteiger partial charge in [-0.2, -0.15) is 5.21 Å². The molecule has 34 heavy (non-hydrogen) atoms. The molecule has 1 atom stereocenters. The van der Waals surface area contributed by atoms with E-state index in [0.29, 0.717) is 11.5 Å². The molecule has 0 saturated heterocycles. The van der Waals surface area contributed by atoms with Gasteiger partial charge in [-0.3, -0.25) is 10.1 Å². The molecule has 12 heteroatoms. The van der Waals surface area contributed by atoms with Gasteiger partial charge < -0.3 is 14.2 Å².